The first-order chi connectivity index (χ1) is 8.21. The molecule has 1 fully saturated rings. The summed E-state index contributed by atoms with van der Waals surface area (Å²) in [6, 6.07) is 12.8. The largest absolute Gasteiger partial charge is 0.288 e. The summed E-state index contributed by atoms with van der Waals surface area (Å²) in [4.78, 5) is 2.10. The van der Waals surface area contributed by atoms with Gasteiger partial charge in [0.25, 0.3) is 0 Å². The van der Waals surface area contributed by atoms with Crippen LogP contribution in [0.4, 0.5) is 0 Å². The molecule has 0 spiro atoms. The minimum absolute atomic E-state index is 0.447. The molecule has 1 atom stereocenters. The third-order valence-electron chi connectivity index (χ3n) is 4.04. The summed E-state index contributed by atoms with van der Waals surface area (Å²) in [6.07, 6.45) is 4.85. The van der Waals surface area contributed by atoms with Gasteiger partial charge < -0.3 is 0 Å². The monoisotopic (exact) mass is 228 g/mol. The number of nitriles is 1. The Morgan fingerprint density at radius 1 is 1.18 bits per heavy atom. The molecule has 0 aliphatic heterocycles. The first-order valence-electron chi connectivity index (χ1n) is 6.36. The van der Waals surface area contributed by atoms with Gasteiger partial charge in [0.2, 0.25) is 0 Å². The van der Waals surface area contributed by atoms with Gasteiger partial charge >= 0.3 is 0 Å². The zero-order valence-corrected chi connectivity index (χ0v) is 10.7. The molecule has 2 heteroatoms. The molecule has 1 aliphatic rings. The summed E-state index contributed by atoms with van der Waals surface area (Å²) in [5.41, 5.74) is 0.692. The van der Waals surface area contributed by atoms with Crippen LogP contribution in [0.3, 0.4) is 0 Å². The number of hydrogen-bond donors (Lipinski definition) is 0. The van der Waals surface area contributed by atoms with Crippen molar-refractivity contribution in [3.8, 4) is 6.07 Å². The molecule has 0 saturated heterocycles. The van der Waals surface area contributed by atoms with Gasteiger partial charge in [-0.2, -0.15) is 5.26 Å². The fourth-order valence-electron chi connectivity index (χ4n) is 3.15. The van der Waals surface area contributed by atoms with Gasteiger partial charge in [-0.3, -0.25) is 4.90 Å². The molecule has 0 radical (unpaired) electrons. The molecular weight excluding hydrogens is 208 g/mol. The number of rotatable bonds is 3. The lowest BCUT2D eigenvalue weighted by Crippen LogP contribution is -2.45. The number of benzene rings is 1. The lowest BCUT2D eigenvalue weighted by atomic mass is 9.77. The fraction of sp³-hybridized carbons (Fsp3) is 0.533. The molecule has 1 aromatic rings. The Balaban J connectivity index is 2.46. The van der Waals surface area contributed by atoms with Crippen LogP contribution in [0.5, 0.6) is 0 Å². The molecule has 2 rings (SSSR count). The van der Waals surface area contributed by atoms with Crippen LogP contribution in [-0.2, 0) is 5.54 Å². The highest BCUT2D eigenvalue weighted by molar-refractivity contribution is 5.33. The highest BCUT2D eigenvalue weighted by Crippen LogP contribution is 2.43. The number of nitrogens with zero attached hydrogens (tertiary/aromatic N) is 2. The second kappa shape index (κ2) is 4.89. The van der Waals surface area contributed by atoms with Gasteiger partial charge in [-0.1, -0.05) is 43.2 Å². The lowest BCUT2D eigenvalue weighted by molar-refractivity contribution is 0.137. The minimum atomic E-state index is -0.447. The molecule has 1 saturated carbocycles. The van der Waals surface area contributed by atoms with Crippen molar-refractivity contribution in [2.75, 3.05) is 14.1 Å². The van der Waals surface area contributed by atoms with Gasteiger partial charge in [0.05, 0.1) is 6.07 Å². The summed E-state index contributed by atoms with van der Waals surface area (Å²) < 4.78 is 0. The molecule has 0 amide bonds. The summed E-state index contributed by atoms with van der Waals surface area (Å²) >= 11 is 0. The molecule has 0 bridgehead atoms. The van der Waals surface area contributed by atoms with E-state index in [9.17, 15) is 5.26 Å². The Bertz CT molecular complexity index is 399. The van der Waals surface area contributed by atoms with Crippen LogP contribution in [-0.4, -0.2) is 19.0 Å². The summed E-state index contributed by atoms with van der Waals surface area (Å²) in [5.74, 6) is 0.463. The molecule has 0 N–H and O–H groups in total. The van der Waals surface area contributed by atoms with Crippen molar-refractivity contribution in [3.05, 3.63) is 35.9 Å². The van der Waals surface area contributed by atoms with Crippen molar-refractivity contribution < 1.29 is 0 Å². The van der Waals surface area contributed by atoms with Crippen LogP contribution in [0.25, 0.3) is 0 Å². The standard InChI is InChI=1S/C15H20N2/c1-17(2)15(12-16,14-10-6-7-11-14)13-8-4-3-5-9-13/h3-5,8-9,14H,6-7,10-11H2,1-2H3. The van der Waals surface area contributed by atoms with E-state index >= 15 is 0 Å². The van der Waals surface area contributed by atoms with Crippen molar-refractivity contribution in [2.45, 2.75) is 31.2 Å². The van der Waals surface area contributed by atoms with Crippen LogP contribution < -0.4 is 0 Å². The predicted octanol–water partition coefficient (Wildman–Crippen LogP) is 3.16. The second-order valence-corrected chi connectivity index (χ2v) is 5.12. The lowest BCUT2D eigenvalue weighted by Gasteiger charge is -2.39. The van der Waals surface area contributed by atoms with Gasteiger partial charge in [-0.15, -0.1) is 0 Å². The quantitative estimate of drug-likeness (QED) is 0.794. The van der Waals surface area contributed by atoms with E-state index in [0.29, 0.717) is 5.92 Å². The maximum absolute atomic E-state index is 9.77. The molecule has 0 aromatic heterocycles. The molecule has 0 heterocycles. The molecule has 1 aliphatic carbocycles. The molecule has 2 nitrogen and oxygen atoms in total. The highest BCUT2D eigenvalue weighted by Gasteiger charge is 2.43. The minimum Gasteiger partial charge on any atom is -0.288 e. The van der Waals surface area contributed by atoms with E-state index in [2.05, 4.69) is 23.1 Å². The third kappa shape index (κ3) is 1.96. The Hall–Kier alpha value is -1.33. The predicted molar refractivity (Wildman–Crippen MR) is 69.4 cm³/mol. The highest BCUT2D eigenvalue weighted by atomic mass is 15.2. The van der Waals surface area contributed by atoms with Crippen LogP contribution >= 0.6 is 0 Å². The Labute approximate surface area is 104 Å². The third-order valence-corrected chi connectivity index (χ3v) is 4.04. The molecule has 1 unspecified atom stereocenters. The summed E-state index contributed by atoms with van der Waals surface area (Å²) in [7, 11) is 4.04. The first kappa shape index (κ1) is 12.1. The zero-order valence-electron chi connectivity index (χ0n) is 10.7. The average Bonchev–Trinajstić information content (AvgIpc) is 2.86. The van der Waals surface area contributed by atoms with Gasteiger partial charge in [0.1, 0.15) is 5.54 Å². The van der Waals surface area contributed by atoms with E-state index in [1.807, 2.05) is 32.3 Å². The van der Waals surface area contributed by atoms with E-state index in [-0.39, 0.29) is 0 Å². The Morgan fingerprint density at radius 2 is 1.76 bits per heavy atom. The van der Waals surface area contributed by atoms with Crippen molar-refractivity contribution >= 4 is 0 Å². The Kier molecular flexibility index (Phi) is 3.49. The molecule has 1 aromatic carbocycles. The van der Waals surface area contributed by atoms with Gasteiger partial charge in [0, 0.05) is 0 Å². The van der Waals surface area contributed by atoms with Gasteiger partial charge in [-0.05, 0) is 38.4 Å². The first-order valence-corrected chi connectivity index (χ1v) is 6.36. The maximum atomic E-state index is 9.77. The zero-order chi connectivity index (χ0) is 12.3. The van der Waals surface area contributed by atoms with E-state index in [1.54, 1.807) is 0 Å². The molecular formula is C15H20N2. The van der Waals surface area contributed by atoms with Crippen LogP contribution in [0.1, 0.15) is 31.2 Å². The van der Waals surface area contributed by atoms with Crippen molar-refractivity contribution in [1.82, 2.24) is 4.90 Å². The van der Waals surface area contributed by atoms with E-state index < -0.39 is 5.54 Å². The maximum Gasteiger partial charge on any atom is 0.137 e. The van der Waals surface area contributed by atoms with Crippen LogP contribution in [0.2, 0.25) is 0 Å². The van der Waals surface area contributed by atoms with Gasteiger partial charge in [-0.25, -0.2) is 0 Å². The van der Waals surface area contributed by atoms with Crippen LogP contribution in [0, 0.1) is 17.2 Å². The smallest absolute Gasteiger partial charge is 0.137 e. The second-order valence-electron chi connectivity index (χ2n) is 5.12. The molecule has 17 heavy (non-hydrogen) atoms. The van der Waals surface area contributed by atoms with E-state index in [1.165, 1.54) is 25.7 Å². The van der Waals surface area contributed by atoms with Crippen molar-refractivity contribution in [2.24, 2.45) is 5.92 Å². The van der Waals surface area contributed by atoms with Crippen molar-refractivity contribution in [3.63, 3.8) is 0 Å². The topological polar surface area (TPSA) is 27.0 Å². The van der Waals surface area contributed by atoms with E-state index in [0.717, 1.165) is 5.56 Å². The summed E-state index contributed by atoms with van der Waals surface area (Å²) in [5, 5.41) is 9.77. The average molecular weight is 228 g/mol. The fourth-order valence-corrected chi connectivity index (χ4v) is 3.15. The van der Waals surface area contributed by atoms with Crippen LogP contribution in [0.15, 0.2) is 30.3 Å². The van der Waals surface area contributed by atoms with E-state index in [4.69, 9.17) is 0 Å². The number of hydrogen-bond acceptors (Lipinski definition) is 2. The Morgan fingerprint density at radius 3 is 2.24 bits per heavy atom. The summed E-state index contributed by atoms with van der Waals surface area (Å²) in [6.45, 7) is 0. The van der Waals surface area contributed by atoms with Crippen molar-refractivity contribution in [1.29, 1.82) is 5.26 Å². The normalized spacial score (nSPS) is 20.1. The molecule has 90 valence electrons. The van der Waals surface area contributed by atoms with Gasteiger partial charge in [0.15, 0.2) is 0 Å². The SMILES string of the molecule is CN(C)C(C#N)(c1ccccc1)C1CCCC1.